The number of hydrogen-bond acceptors (Lipinski definition) is 7. The molecule has 0 aliphatic carbocycles. The van der Waals surface area contributed by atoms with Crippen LogP contribution < -0.4 is 21.1 Å². The largest absolute Gasteiger partial charge is 0.495 e. The zero-order valence-corrected chi connectivity index (χ0v) is 24.2. The van der Waals surface area contributed by atoms with Crippen LogP contribution in [0.4, 0.5) is 11.5 Å². The van der Waals surface area contributed by atoms with Crippen LogP contribution in [0.25, 0.3) is 38.2 Å². The minimum atomic E-state index is -0.230. The predicted molar refractivity (Wildman–Crippen MR) is 167 cm³/mol. The third-order valence-corrected chi connectivity index (χ3v) is 7.90. The normalized spacial score (nSPS) is 11.5. The molecule has 5 rings (SSSR count). The molecule has 5 aromatic rings. The number of hydrogen-bond donors (Lipinski definition) is 3. The van der Waals surface area contributed by atoms with Gasteiger partial charge in [-0.2, -0.15) is 0 Å². The van der Waals surface area contributed by atoms with Crippen molar-refractivity contribution in [2.24, 2.45) is 7.05 Å². The van der Waals surface area contributed by atoms with Crippen LogP contribution in [0, 0.1) is 0 Å². The third kappa shape index (κ3) is 5.79. The summed E-state index contributed by atoms with van der Waals surface area (Å²) in [6, 6.07) is 15.4. The number of ether oxygens (including phenoxy) is 1. The molecule has 3 heterocycles. The highest BCUT2D eigenvalue weighted by atomic mass is 32.1. The number of nitrogens with two attached hydrogens (primary N) is 1. The van der Waals surface area contributed by atoms with Crippen molar-refractivity contribution in [3.63, 3.8) is 0 Å². The van der Waals surface area contributed by atoms with Crippen LogP contribution in [-0.4, -0.2) is 60.6 Å². The molecule has 2 amide bonds. The van der Waals surface area contributed by atoms with Crippen molar-refractivity contribution in [1.29, 1.82) is 0 Å². The van der Waals surface area contributed by atoms with Gasteiger partial charge in [0, 0.05) is 64.5 Å². The number of likely N-dealkylation sites (N-methyl/N-ethyl adjacent to an activating group) is 1. The van der Waals surface area contributed by atoms with Gasteiger partial charge >= 0.3 is 0 Å². The molecule has 2 aromatic carbocycles. The molecule has 0 unspecified atom stereocenters. The summed E-state index contributed by atoms with van der Waals surface area (Å²) in [4.78, 5) is 31.8. The lowest BCUT2D eigenvalue weighted by molar-refractivity contribution is -0.116. The van der Waals surface area contributed by atoms with Crippen molar-refractivity contribution < 1.29 is 14.3 Å². The average molecular weight is 569 g/mol. The van der Waals surface area contributed by atoms with Crippen molar-refractivity contribution in [3.8, 4) is 16.9 Å². The summed E-state index contributed by atoms with van der Waals surface area (Å²) in [6.07, 6.45) is 4.94. The molecule has 0 fully saturated rings. The first-order valence-corrected chi connectivity index (χ1v) is 13.9. The van der Waals surface area contributed by atoms with Gasteiger partial charge in [-0.05, 0) is 55.4 Å². The van der Waals surface area contributed by atoms with E-state index in [0.717, 1.165) is 44.2 Å². The van der Waals surface area contributed by atoms with E-state index in [1.807, 2.05) is 84.5 Å². The number of fused-ring (bicyclic) bond motifs is 2. The van der Waals surface area contributed by atoms with Gasteiger partial charge in [-0.3, -0.25) is 9.59 Å². The van der Waals surface area contributed by atoms with Gasteiger partial charge in [0.05, 0.1) is 12.8 Å². The highest BCUT2D eigenvalue weighted by molar-refractivity contribution is 7.18. The van der Waals surface area contributed by atoms with Crippen LogP contribution in [0.5, 0.6) is 5.75 Å². The van der Waals surface area contributed by atoms with E-state index in [9.17, 15) is 9.59 Å². The van der Waals surface area contributed by atoms with Crippen LogP contribution in [0.1, 0.15) is 16.1 Å². The molecule has 4 N–H and O–H groups in total. The first kappa shape index (κ1) is 27.9. The van der Waals surface area contributed by atoms with Gasteiger partial charge in [0.1, 0.15) is 17.3 Å². The molecule has 0 spiro atoms. The average Bonchev–Trinajstić information content (AvgIpc) is 3.55. The summed E-state index contributed by atoms with van der Waals surface area (Å²) < 4.78 is 8.47. The van der Waals surface area contributed by atoms with E-state index in [2.05, 4.69) is 15.6 Å². The lowest BCUT2D eigenvalue weighted by Gasteiger charge is -2.13. The molecular formula is C31H32N6O3S. The Morgan fingerprint density at radius 2 is 1.98 bits per heavy atom. The summed E-state index contributed by atoms with van der Waals surface area (Å²) >= 11 is 1.53. The molecular weight excluding hydrogens is 536 g/mol. The minimum absolute atomic E-state index is 0.167. The Morgan fingerprint density at radius 3 is 2.73 bits per heavy atom. The number of nitrogen functional groups attached to an aromatic ring is 1. The Balaban J connectivity index is 1.41. The number of carbonyl (C=O) groups is 2. The molecule has 0 saturated carbocycles. The Morgan fingerprint density at radius 1 is 1.17 bits per heavy atom. The first-order valence-electron chi connectivity index (χ1n) is 13.1. The number of nitrogens with one attached hydrogen (secondary N) is 2. The molecule has 0 radical (unpaired) electrons. The standard InChI is InChI=1S/C31H32N6O3S/c1-36(2)14-13-33-27(38)12-10-21-17-34-30(32)28-22(18-41-29(21)28)19-9-11-23(26(16-19)40-4)35-31(39)25-15-20-7-5-6-8-24(20)37(25)3/h5-12,15-18H,13-14H2,1-4H3,(H2,32,34)(H,33,38)(H,35,39)/b12-10+. The highest BCUT2D eigenvalue weighted by Crippen LogP contribution is 2.41. The van der Waals surface area contributed by atoms with E-state index in [1.54, 1.807) is 19.4 Å². The monoisotopic (exact) mass is 568 g/mol. The lowest BCUT2D eigenvalue weighted by atomic mass is 10.0. The van der Waals surface area contributed by atoms with E-state index in [-0.39, 0.29) is 11.8 Å². The fourth-order valence-electron chi connectivity index (χ4n) is 4.70. The zero-order valence-electron chi connectivity index (χ0n) is 23.4. The fourth-order valence-corrected chi connectivity index (χ4v) is 5.78. The molecule has 0 atom stereocenters. The van der Waals surface area contributed by atoms with Gasteiger partial charge in [-0.1, -0.05) is 24.3 Å². The molecule has 210 valence electrons. The molecule has 9 nitrogen and oxygen atoms in total. The topological polar surface area (TPSA) is 115 Å². The Bertz CT molecular complexity index is 1790. The van der Waals surface area contributed by atoms with Crippen molar-refractivity contribution in [3.05, 3.63) is 77.4 Å². The Hall–Kier alpha value is -4.67. The number of rotatable bonds is 9. The molecule has 41 heavy (non-hydrogen) atoms. The number of aryl methyl sites for hydroxylation is 1. The van der Waals surface area contributed by atoms with Crippen molar-refractivity contribution in [2.75, 3.05) is 45.3 Å². The summed E-state index contributed by atoms with van der Waals surface area (Å²) in [5.74, 6) is 0.521. The van der Waals surface area contributed by atoms with Crippen LogP contribution in [0.15, 0.2) is 66.2 Å². The molecule has 0 aliphatic rings. The maximum atomic E-state index is 13.2. The second kappa shape index (κ2) is 11.8. The van der Waals surface area contributed by atoms with Gasteiger partial charge in [0.25, 0.3) is 5.91 Å². The number of aromatic nitrogens is 2. The molecule has 3 aromatic heterocycles. The maximum Gasteiger partial charge on any atom is 0.272 e. The Labute approximate surface area is 242 Å². The molecule has 0 bridgehead atoms. The number of thiophene rings is 1. The van der Waals surface area contributed by atoms with E-state index < -0.39 is 0 Å². The van der Waals surface area contributed by atoms with Crippen LogP contribution >= 0.6 is 11.3 Å². The summed E-state index contributed by atoms with van der Waals surface area (Å²) in [5, 5.41) is 9.68. The van der Waals surface area contributed by atoms with E-state index in [0.29, 0.717) is 29.5 Å². The van der Waals surface area contributed by atoms with Gasteiger partial charge < -0.3 is 30.6 Å². The summed E-state index contributed by atoms with van der Waals surface area (Å²) in [5.41, 5.74) is 11.0. The second-order valence-corrected chi connectivity index (χ2v) is 10.8. The molecule has 10 heteroatoms. The predicted octanol–water partition coefficient (Wildman–Crippen LogP) is 4.99. The maximum absolute atomic E-state index is 13.2. The Kier molecular flexibility index (Phi) is 8.04. The quantitative estimate of drug-likeness (QED) is 0.216. The first-order chi connectivity index (χ1) is 19.8. The van der Waals surface area contributed by atoms with Gasteiger partial charge in [0.15, 0.2) is 0 Å². The number of carbonyl (C=O) groups excluding carboxylic acids is 2. The van der Waals surface area contributed by atoms with Crippen LogP contribution in [0.2, 0.25) is 0 Å². The lowest BCUT2D eigenvalue weighted by Crippen LogP contribution is -2.30. The van der Waals surface area contributed by atoms with Crippen LogP contribution in [-0.2, 0) is 11.8 Å². The number of para-hydroxylation sites is 1. The number of amides is 2. The van der Waals surface area contributed by atoms with E-state index in [4.69, 9.17) is 10.5 Å². The van der Waals surface area contributed by atoms with E-state index >= 15 is 0 Å². The van der Waals surface area contributed by atoms with Gasteiger partial charge in [-0.25, -0.2) is 4.98 Å². The minimum Gasteiger partial charge on any atom is -0.495 e. The fraction of sp³-hybridized carbons (Fsp3) is 0.194. The third-order valence-electron chi connectivity index (χ3n) is 6.87. The zero-order chi connectivity index (χ0) is 29.1. The van der Waals surface area contributed by atoms with Crippen molar-refractivity contribution in [1.82, 2.24) is 19.8 Å². The SMILES string of the molecule is COc1cc(-c2csc3c(/C=C/C(=O)NCCN(C)C)cnc(N)c23)ccc1NC(=O)c1cc2ccccc2n1C. The van der Waals surface area contributed by atoms with Crippen molar-refractivity contribution in [2.45, 2.75) is 0 Å². The highest BCUT2D eigenvalue weighted by Gasteiger charge is 2.18. The number of benzene rings is 2. The number of nitrogens with zero attached hydrogens (tertiary/aromatic N) is 3. The molecule has 0 saturated heterocycles. The molecule has 0 aliphatic heterocycles. The van der Waals surface area contributed by atoms with Gasteiger partial charge in [-0.15, -0.1) is 11.3 Å². The van der Waals surface area contributed by atoms with Crippen molar-refractivity contribution >= 4 is 61.7 Å². The van der Waals surface area contributed by atoms with E-state index in [1.165, 1.54) is 17.4 Å². The summed E-state index contributed by atoms with van der Waals surface area (Å²) in [6.45, 7) is 1.32. The number of pyridine rings is 1. The number of anilines is 2. The second-order valence-electron chi connectivity index (χ2n) is 9.90. The smallest absolute Gasteiger partial charge is 0.272 e. The van der Waals surface area contributed by atoms with Crippen LogP contribution in [0.3, 0.4) is 0 Å². The summed E-state index contributed by atoms with van der Waals surface area (Å²) in [7, 11) is 7.36. The van der Waals surface area contributed by atoms with Gasteiger partial charge in [0.2, 0.25) is 5.91 Å². The number of methoxy groups -OCH3 is 1.